The van der Waals surface area contributed by atoms with E-state index in [4.69, 9.17) is 4.42 Å². The number of hydrogen-bond acceptors (Lipinski definition) is 5. The minimum atomic E-state index is -0.332. The van der Waals surface area contributed by atoms with E-state index < -0.39 is 0 Å². The Bertz CT molecular complexity index is 1260. The van der Waals surface area contributed by atoms with Crippen molar-refractivity contribution in [1.82, 2.24) is 20.0 Å². The quantitative estimate of drug-likeness (QED) is 0.501. The molecule has 0 unspecified atom stereocenters. The van der Waals surface area contributed by atoms with E-state index in [1.165, 1.54) is 0 Å². The minimum absolute atomic E-state index is 0.233. The molecule has 0 bridgehead atoms. The summed E-state index contributed by atoms with van der Waals surface area (Å²) in [6.45, 7) is 0. The molecule has 0 atom stereocenters. The number of aromatic nitrogens is 4. The third kappa shape index (κ3) is 3.37. The van der Waals surface area contributed by atoms with E-state index in [-0.39, 0.29) is 11.6 Å². The normalized spacial score (nSPS) is 10.9. The second kappa shape index (κ2) is 7.05. The standard InChI is InChI=1S/C22H15N5O2/c28-21(19-14-27(26-25-19)17-6-2-1-3-7-17)23-16-12-10-15(11-13-16)22-24-18-8-4-5-9-20(18)29-22/h1-14H,(H,23,28). The summed E-state index contributed by atoms with van der Waals surface area (Å²) in [4.78, 5) is 17.0. The number of fused-ring (bicyclic) bond motifs is 1. The van der Waals surface area contributed by atoms with Crippen LogP contribution < -0.4 is 5.32 Å². The fourth-order valence-electron chi connectivity index (χ4n) is 2.96. The SMILES string of the molecule is O=C(Nc1ccc(-c2nc3ccccc3o2)cc1)c1cn(-c2ccccc2)nn1. The fraction of sp³-hybridized carbons (Fsp3) is 0. The first-order valence-electron chi connectivity index (χ1n) is 9.01. The molecule has 0 spiro atoms. The Hall–Kier alpha value is -4.26. The summed E-state index contributed by atoms with van der Waals surface area (Å²) in [5, 5.41) is 10.8. The number of anilines is 1. The smallest absolute Gasteiger partial charge is 0.277 e. The van der Waals surface area contributed by atoms with Gasteiger partial charge < -0.3 is 9.73 Å². The van der Waals surface area contributed by atoms with Crippen molar-refractivity contribution in [2.24, 2.45) is 0 Å². The average Bonchev–Trinajstić information content (AvgIpc) is 3.42. The number of para-hydroxylation sites is 3. The summed E-state index contributed by atoms with van der Waals surface area (Å²) in [6, 6.07) is 24.4. The van der Waals surface area contributed by atoms with Crippen LogP contribution in [0.5, 0.6) is 0 Å². The molecule has 29 heavy (non-hydrogen) atoms. The van der Waals surface area contributed by atoms with Crippen LogP contribution in [-0.2, 0) is 0 Å². The lowest BCUT2D eigenvalue weighted by Gasteiger charge is -2.03. The van der Waals surface area contributed by atoms with Gasteiger partial charge >= 0.3 is 0 Å². The van der Waals surface area contributed by atoms with Crippen molar-refractivity contribution in [3.63, 3.8) is 0 Å². The van der Waals surface area contributed by atoms with Gasteiger partial charge in [0.2, 0.25) is 5.89 Å². The monoisotopic (exact) mass is 381 g/mol. The zero-order chi connectivity index (χ0) is 19.6. The lowest BCUT2D eigenvalue weighted by atomic mass is 10.2. The van der Waals surface area contributed by atoms with Crippen LogP contribution in [0.25, 0.3) is 28.2 Å². The minimum Gasteiger partial charge on any atom is -0.436 e. The topological polar surface area (TPSA) is 85.8 Å². The Labute approximate surface area is 165 Å². The first-order valence-corrected chi connectivity index (χ1v) is 9.01. The zero-order valence-corrected chi connectivity index (χ0v) is 15.2. The van der Waals surface area contributed by atoms with Gasteiger partial charge in [-0.05, 0) is 48.5 Å². The number of hydrogen-bond donors (Lipinski definition) is 1. The average molecular weight is 381 g/mol. The van der Waals surface area contributed by atoms with Crippen molar-refractivity contribution in [3.8, 4) is 17.1 Å². The number of rotatable bonds is 4. The van der Waals surface area contributed by atoms with Crippen molar-refractivity contribution >= 4 is 22.7 Å². The number of nitrogens with one attached hydrogen (secondary N) is 1. The van der Waals surface area contributed by atoms with Crippen LogP contribution in [0.15, 0.2) is 89.5 Å². The summed E-state index contributed by atoms with van der Waals surface area (Å²) >= 11 is 0. The van der Waals surface area contributed by atoms with Gasteiger partial charge in [-0.2, -0.15) is 0 Å². The van der Waals surface area contributed by atoms with Gasteiger partial charge in [0, 0.05) is 11.3 Å². The largest absolute Gasteiger partial charge is 0.436 e. The van der Waals surface area contributed by atoms with Crippen LogP contribution in [0.3, 0.4) is 0 Å². The molecule has 1 amide bonds. The third-order valence-electron chi connectivity index (χ3n) is 4.43. The molecule has 2 heterocycles. The van der Waals surface area contributed by atoms with Crippen molar-refractivity contribution in [3.05, 3.63) is 90.8 Å². The Balaban J connectivity index is 1.32. The molecule has 0 saturated heterocycles. The number of carbonyl (C=O) groups is 1. The van der Waals surface area contributed by atoms with Crippen LogP contribution in [0.4, 0.5) is 5.69 Å². The first kappa shape index (κ1) is 16.9. The second-order valence-corrected chi connectivity index (χ2v) is 6.40. The lowest BCUT2D eigenvalue weighted by Crippen LogP contribution is -2.12. The maximum absolute atomic E-state index is 12.5. The van der Waals surface area contributed by atoms with Gasteiger partial charge in [0.25, 0.3) is 5.91 Å². The zero-order valence-electron chi connectivity index (χ0n) is 15.2. The predicted molar refractivity (Wildman–Crippen MR) is 109 cm³/mol. The summed E-state index contributed by atoms with van der Waals surface area (Å²) in [5.41, 5.74) is 4.08. The molecule has 140 valence electrons. The molecule has 0 aliphatic carbocycles. The first-order chi connectivity index (χ1) is 14.3. The molecular weight excluding hydrogens is 366 g/mol. The third-order valence-corrected chi connectivity index (χ3v) is 4.43. The van der Waals surface area contributed by atoms with E-state index in [2.05, 4.69) is 20.6 Å². The van der Waals surface area contributed by atoms with Gasteiger partial charge in [-0.1, -0.05) is 35.5 Å². The number of amides is 1. The van der Waals surface area contributed by atoms with Gasteiger partial charge in [-0.25, -0.2) is 9.67 Å². The van der Waals surface area contributed by atoms with E-state index in [1.54, 1.807) is 23.0 Å². The highest BCUT2D eigenvalue weighted by atomic mass is 16.3. The molecule has 7 heteroatoms. The van der Waals surface area contributed by atoms with E-state index >= 15 is 0 Å². The van der Waals surface area contributed by atoms with E-state index in [1.807, 2.05) is 66.7 Å². The number of benzene rings is 3. The molecule has 0 aliphatic heterocycles. The van der Waals surface area contributed by atoms with Crippen molar-refractivity contribution in [2.45, 2.75) is 0 Å². The Morgan fingerprint density at radius 1 is 0.897 bits per heavy atom. The summed E-state index contributed by atoms with van der Waals surface area (Å²) in [7, 11) is 0. The highest BCUT2D eigenvalue weighted by Crippen LogP contribution is 2.25. The molecule has 0 fully saturated rings. The van der Waals surface area contributed by atoms with Gasteiger partial charge in [0.05, 0.1) is 11.9 Å². The lowest BCUT2D eigenvalue weighted by molar-refractivity contribution is 0.102. The summed E-state index contributed by atoms with van der Waals surface area (Å²) in [6.07, 6.45) is 1.59. The molecule has 1 N–H and O–H groups in total. The molecule has 0 saturated carbocycles. The maximum atomic E-state index is 12.5. The molecular formula is C22H15N5O2. The summed E-state index contributed by atoms with van der Waals surface area (Å²) in [5.74, 6) is 0.205. The van der Waals surface area contributed by atoms with Crippen molar-refractivity contribution < 1.29 is 9.21 Å². The van der Waals surface area contributed by atoms with Crippen molar-refractivity contribution in [1.29, 1.82) is 0 Å². The molecule has 3 aromatic carbocycles. The Morgan fingerprint density at radius 3 is 2.45 bits per heavy atom. The van der Waals surface area contributed by atoms with E-state index in [9.17, 15) is 4.79 Å². The molecule has 0 aliphatic rings. The second-order valence-electron chi connectivity index (χ2n) is 6.40. The van der Waals surface area contributed by atoms with E-state index in [0.717, 1.165) is 22.4 Å². The number of oxazole rings is 1. The van der Waals surface area contributed by atoms with Gasteiger partial charge in [0.15, 0.2) is 11.3 Å². The molecule has 2 aromatic heterocycles. The van der Waals surface area contributed by atoms with Gasteiger partial charge in [-0.3, -0.25) is 4.79 Å². The molecule has 7 nitrogen and oxygen atoms in total. The van der Waals surface area contributed by atoms with Crippen LogP contribution >= 0.6 is 0 Å². The van der Waals surface area contributed by atoms with Gasteiger partial charge in [-0.15, -0.1) is 5.10 Å². The van der Waals surface area contributed by atoms with Crippen LogP contribution in [0.2, 0.25) is 0 Å². The maximum Gasteiger partial charge on any atom is 0.277 e. The fourth-order valence-corrected chi connectivity index (χ4v) is 2.96. The van der Waals surface area contributed by atoms with Crippen molar-refractivity contribution in [2.75, 3.05) is 5.32 Å². The van der Waals surface area contributed by atoms with Crippen LogP contribution in [-0.4, -0.2) is 25.9 Å². The predicted octanol–water partition coefficient (Wildman–Crippen LogP) is 4.33. The highest BCUT2D eigenvalue weighted by Gasteiger charge is 2.13. The Kier molecular flexibility index (Phi) is 4.10. The van der Waals surface area contributed by atoms with Crippen LogP contribution in [0.1, 0.15) is 10.5 Å². The molecule has 5 aromatic rings. The molecule has 5 rings (SSSR count). The molecule has 0 radical (unpaired) electrons. The van der Waals surface area contributed by atoms with Gasteiger partial charge in [0.1, 0.15) is 5.52 Å². The highest BCUT2D eigenvalue weighted by molar-refractivity contribution is 6.02. The number of nitrogens with zero attached hydrogens (tertiary/aromatic N) is 4. The summed E-state index contributed by atoms with van der Waals surface area (Å²) < 4.78 is 7.33. The van der Waals surface area contributed by atoms with Crippen LogP contribution in [0, 0.1) is 0 Å². The number of carbonyl (C=O) groups excluding carboxylic acids is 1. The van der Waals surface area contributed by atoms with E-state index in [0.29, 0.717) is 11.6 Å². The Morgan fingerprint density at radius 2 is 1.66 bits per heavy atom.